The second-order valence-electron chi connectivity index (χ2n) is 5.44. The molecule has 1 aliphatic heterocycles. The molecule has 2 heterocycles. The zero-order valence-corrected chi connectivity index (χ0v) is 13.9. The van der Waals surface area contributed by atoms with Gasteiger partial charge in [0.15, 0.2) is 5.82 Å². The molecule has 1 atom stereocenters. The van der Waals surface area contributed by atoms with Crippen molar-refractivity contribution in [2.24, 2.45) is 5.92 Å². The molecular formula is C16H19BrN4. The van der Waals surface area contributed by atoms with Crippen LogP contribution in [-0.4, -0.2) is 23.1 Å². The van der Waals surface area contributed by atoms with E-state index in [-0.39, 0.29) is 0 Å². The van der Waals surface area contributed by atoms with Crippen molar-refractivity contribution in [3.05, 3.63) is 40.5 Å². The van der Waals surface area contributed by atoms with Crippen LogP contribution in [0, 0.1) is 5.92 Å². The van der Waals surface area contributed by atoms with Crippen LogP contribution in [0.15, 0.2) is 34.9 Å². The van der Waals surface area contributed by atoms with Crippen LogP contribution in [0.1, 0.15) is 19.4 Å². The molecule has 0 radical (unpaired) electrons. The normalized spacial score (nSPS) is 17.5. The Hall–Kier alpha value is -1.62. The summed E-state index contributed by atoms with van der Waals surface area (Å²) >= 11 is 3.59. The van der Waals surface area contributed by atoms with E-state index in [1.165, 1.54) is 11.3 Å². The Morgan fingerprint density at radius 2 is 2.19 bits per heavy atom. The highest BCUT2D eigenvalue weighted by Gasteiger charge is 2.25. The summed E-state index contributed by atoms with van der Waals surface area (Å²) in [7, 11) is 0. The topological polar surface area (TPSA) is 41.1 Å². The zero-order valence-electron chi connectivity index (χ0n) is 12.3. The molecule has 4 nitrogen and oxygen atoms in total. The molecule has 2 aromatic rings. The van der Waals surface area contributed by atoms with Crippen molar-refractivity contribution >= 4 is 33.4 Å². The van der Waals surface area contributed by atoms with Gasteiger partial charge in [-0.2, -0.15) is 4.98 Å². The molecule has 3 rings (SSSR count). The van der Waals surface area contributed by atoms with Gasteiger partial charge >= 0.3 is 0 Å². The Bertz CT molecular complexity index is 644. The number of benzene rings is 1. The second kappa shape index (κ2) is 6.02. The van der Waals surface area contributed by atoms with Crippen molar-refractivity contribution in [1.82, 2.24) is 9.97 Å². The number of halogens is 1. The van der Waals surface area contributed by atoms with E-state index in [1.807, 2.05) is 13.1 Å². The maximum absolute atomic E-state index is 4.68. The fraction of sp³-hybridized carbons (Fsp3) is 0.375. The van der Waals surface area contributed by atoms with Crippen LogP contribution < -0.4 is 10.2 Å². The quantitative estimate of drug-likeness (QED) is 0.911. The Morgan fingerprint density at radius 3 is 3.00 bits per heavy atom. The number of rotatable bonds is 3. The molecule has 0 aliphatic carbocycles. The molecule has 1 N–H and O–H groups in total. The van der Waals surface area contributed by atoms with E-state index in [0.29, 0.717) is 11.9 Å². The fourth-order valence-electron chi connectivity index (χ4n) is 2.79. The Labute approximate surface area is 133 Å². The standard InChI is InChI=1S/C16H19BrN4/c1-3-18-16-19-9-13(17)15(20-16)21-10-11(2)8-12-6-4-5-7-14(12)21/h4-7,9,11H,3,8,10H2,1-2H3,(H,18,19,20). The summed E-state index contributed by atoms with van der Waals surface area (Å²) in [5.74, 6) is 2.20. The summed E-state index contributed by atoms with van der Waals surface area (Å²) in [5.41, 5.74) is 2.63. The largest absolute Gasteiger partial charge is 0.354 e. The van der Waals surface area contributed by atoms with E-state index < -0.39 is 0 Å². The van der Waals surface area contributed by atoms with Gasteiger partial charge in [0.2, 0.25) is 5.95 Å². The first-order valence-corrected chi connectivity index (χ1v) is 8.10. The number of anilines is 3. The third-order valence-electron chi connectivity index (χ3n) is 3.66. The second-order valence-corrected chi connectivity index (χ2v) is 6.30. The lowest BCUT2D eigenvalue weighted by atomic mass is 9.94. The highest BCUT2D eigenvalue weighted by atomic mass is 79.9. The number of aromatic nitrogens is 2. The van der Waals surface area contributed by atoms with Gasteiger partial charge in [-0.3, -0.25) is 0 Å². The smallest absolute Gasteiger partial charge is 0.224 e. The minimum absolute atomic E-state index is 0.601. The van der Waals surface area contributed by atoms with Gasteiger partial charge in [0.1, 0.15) is 0 Å². The molecule has 1 aromatic heterocycles. The van der Waals surface area contributed by atoms with Crippen LogP contribution in [0.2, 0.25) is 0 Å². The number of hydrogen-bond donors (Lipinski definition) is 1. The number of fused-ring (bicyclic) bond motifs is 1. The molecule has 21 heavy (non-hydrogen) atoms. The monoisotopic (exact) mass is 346 g/mol. The van der Waals surface area contributed by atoms with Gasteiger partial charge in [0.05, 0.1) is 4.47 Å². The fourth-order valence-corrected chi connectivity index (χ4v) is 3.19. The Kier molecular flexibility index (Phi) is 4.10. The third kappa shape index (κ3) is 2.88. The summed E-state index contributed by atoms with van der Waals surface area (Å²) in [6, 6.07) is 8.57. The Morgan fingerprint density at radius 1 is 1.38 bits per heavy atom. The van der Waals surface area contributed by atoms with E-state index >= 15 is 0 Å². The molecule has 0 saturated carbocycles. The van der Waals surface area contributed by atoms with E-state index in [0.717, 1.165) is 29.8 Å². The molecular weight excluding hydrogens is 328 g/mol. The van der Waals surface area contributed by atoms with Crippen LogP contribution in [0.4, 0.5) is 17.5 Å². The van der Waals surface area contributed by atoms with Gasteiger partial charge in [0, 0.05) is 25.0 Å². The first-order chi connectivity index (χ1) is 10.2. The van der Waals surface area contributed by atoms with Crippen LogP contribution in [0.3, 0.4) is 0 Å². The van der Waals surface area contributed by atoms with E-state index in [9.17, 15) is 0 Å². The Balaban J connectivity index is 2.06. The average Bonchev–Trinajstić information content (AvgIpc) is 2.48. The van der Waals surface area contributed by atoms with Crippen LogP contribution in [0.25, 0.3) is 0 Å². The van der Waals surface area contributed by atoms with Gasteiger partial charge in [0.25, 0.3) is 0 Å². The third-order valence-corrected chi connectivity index (χ3v) is 4.22. The van der Waals surface area contributed by atoms with E-state index in [2.05, 4.69) is 67.3 Å². The number of nitrogens with zero attached hydrogens (tertiary/aromatic N) is 3. The minimum atomic E-state index is 0.601. The molecule has 0 amide bonds. The lowest BCUT2D eigenvalue weighted by molar-refractivity contribution is 0.559. The van der Waals surface area contributed by atoms with Crippen LogP contribution >= 0.6 is 15.9 Å². The molecule has 110 valence electrons. The van der Waals surface area contributed by atoms with Gasteiger partial charge in [-0.1, -0.05) is 25.1 Å². The van der Waals surface area contributed by atoms with Crippen molar-refractivity contribution in [2.45, 2.75) is 20.3 Å². The zero-order chi connectivity index (χ0) is 14.8. The molecule has 1 aromatic carbocycles. The first-order valence-electron chi connectivity index (χ1n) is 7.31. The van der Waals surface area contributed by atoms with Crippen molar-refractivity contribution in [1.29, 1.82) is 0 Å². The van der Waals surface area contributed by atoms with Crippen molar-refractivity contribution < 1.29 is 0 Å². The molecule has 1 unspecified atom stereocenters. The predicted molar refractivity (Wildman–Crippen MR) is 90.2 cm³/mol. The van der Waals surface area contributed by atoms with Gasteiger partial charge in [-0.25, -0.2) is 4.98 Å². The summed E-state index contributed by atoms with van der Waals surface area (Å²) < 4.78 is 0.924. The van der Waals surface area contributed by atoms with E-state index in [1.54, 1.807) is 0 Å². The first kappa shape index (κ1) is 14.3. The molecule has 0 saturated heterocycles. The van der Waals surface area contributed by atoms with Crippen molar-refractivity contribution in [3.8, 4) is 0 Å². The molecule has 0 spiro atoms. The van der Waals surface area contributed by atoms with Crippen LogP contribution in [-0.2, 0) is 6.42 Å². The summed E-state index contributed by atoms with van der Waals surface area (Å²) in [4.78, 5) is 11.3. The lowest BCUT2D eigenvalue weighted by Crippen LogP contribution is -2.31. The summed E-state index contributed by atoms with van der Waals surface area (Å²) in [6.07, 6.45) is 2.94. The van der Waals surface area contributed by atoms with E-state index in [4.69, 9.17) is 0 Å². The minimum Gasteiger partial charge on any atom is -0.354 e. The lowest BCUT2D eigenvalue weighted by Gasteiger charge is -2.34. The molecule has 0 fully saturated rings. The molecule has 0 bridgehead atoms. The van der Waals surface area contributed by atoms with Crippen LogP contribution in [0.5, 0.6) is 0 Å². The number of para-hydroxylation sites is 1. The summed E-state index contributed by atoms with van der Waals surface area (Å²) in [6.45, 7) is 6.11. The SMILES string of the molecule is CCNc1ncc(Br)c(N2CC(C)Cc3ccccc32)n1. The molecule has 1 aliphatic rings. The van der Waals surface area contributed by atoms with Crippen molar-refractivity contribution in [2.75, 3.05) is 23.3 Å². The average molecular weight is 347 g/mol. The maximum Gasteiger partial charge on any atom is 0.224 e. The van der Waals surface area contributed by atoms with Crippen molar-refractivity contribution in [3.63, 3.8) is 0 Å². The predicted octanol–water partition coefficient (Wildman–Crippen LogP) is 4.00. The number of nitrogens with one attached hydrogen (secondary N) is 1. The maximum atomic E-state index is 4.68. The number of hydrogen-bond acceptors (Lipinski definition) is 4. The highest BCUT2D eigenvalue weighted by Crippen LogP contribution is 2.37. The highest BCUT2D eigenvalue weighted by molar-refractivity contribution is 9.10. The summed E-state index contributed by atoms with van der Waals surface area (Å²) in [5, 5.41) is 3.18. The van der Waals surface area contributed by atoms with Gasteiger partial charge < -0.3 is 10.2 Å². The van der Waals surface area contributed by atoms with Gasteiger partial charge in [-0.15, -0.1) is 0 Å². The molecule has 5 heteroatoms. The van der Waals surface area contributed by atoms with Gasteiger partial charge in [-0.05, 0) is 46.8 Å².